The van der Waals surface area contributed by atoms with Gasteiger partial charge in [0.2, 0.25) is 15.9 Å². The van der Waals surface area contributed by atoms with Crippen LogP contribution in [0.3, 0.4) is 0 Å². The number of nitrogens with zero attached hydrogens (tertiary/aromatic N) is 2. The van der Waals surface area contributed by atoms with E-state index >= 15 is 0 Å². The second-order valence-corrected chi connectivity index (χ2v) is 10.9. The molecule has 1 aliphatic heterocycles. The van der Waals surface area contributed by atoms with Crippen molar-refractivity contribution < 1.29 is 17.9 Å². The molecule has 1 aliphatic rings. The number of hydrogen-bond donors (Lipinski definition) is 1. The van der Waals surface area contributed by atoms with Gasteiger partial charge in [-0.2, -0.15) is 4.31 Å². The third kappa shape index (κ3) is 6.93. The quantitative estimate of drug-likeness (QED) is 0.561. The maximum atomic E-state index is 13.1. The lowest BCUT2D eigenvalue weighted by Gasteiger charge is -2.26. The fourth-order valence-corrected chi connectivity index (χ4v) is 5.53. The number of sulfonamides is 1. The van der Waals surface area contributed by atoms with Gasteiger partial charge in [0.15, 0.2) is 0 Å². The standard InChI is InChI=1S/C24H32ClN3O4S/c1-18(2)32-23-12-11-20(33(30,31)28-13-7-4-8-14-28)15-22(23)26-24(29)17-27(3)16-19-9-5-6-10-21(19)25/h5-6,9-12,15,18H,4,7-8,13-14,16-17H2,1-3H3,(H,26,29). The number of likely N-dealkylation sites (N-methyl/N-ethyl adjacent to an activating group) is 1. The topological polar surface area (TPSA) is 79.0 Å². The van der Waals surface area contributed by atoms with Crippen LogP contribution in [0.1, 0.15) is 38.7 Å². The first-order valence-corrected chi connectivity index (χ1v) is 13.0. The number of rotatable bonds is 9. The number of anilines is 1. The highest BCUT2D eigenvalue weighted by molar-refractivity contribution is 7.89. The monoisotopic (exact) mass is 493 g/mol. The molecule has 0 radical (unpaired) electrons. The van der Waals surface area contributed by atoms with Gasteiger partial charge in [0.1, 0.15) is 5.75 Å². The Balaban J connectivity index is 1.77. The molecular formula is C24H32ClN3O4S. The van der Waals surface area contributed by atoms with Crippen molar-refractivity contribution in [3.63, 3.8) is 0 Å². The van der Waals surface area contributed by atoms with Crippen molar-refractivity contribution >= 4 is 33.2 Å². The summed E-state index contributed by atoms with van der Waals surface area (Å²) in [5, 5.41) is 3.49. The second kappa shape index (κ2) is 11.3. The molecule has 9 heteroatoms. The summed E-state index contributed by atoms with van der Waals surface area (Å²) >= 11 is 6.22. The van der Waals surface area contributed by atoms with Crippen LogP contribution in [-0.4, -0.2) is 56.3 Å². The summed E-state index contributed by atoms with van der Waals surface area (Å²) in [6, 6.07) is 12.1. The Hall–Kier alpha value is -2.13. The van der Waals surface area contributed by atoms with E-state index in [9.17, 15) is 13.2 Å². The van der Waals surface area contributed by atoms with Crippen molar-refractivity contribution in [2.75, 3.05) is 32.0 Å². The van der Waals surface area contributed by atoms with Crippen molar-refractivity contribution in [1.29, 1.82) is 0 Å². The predicted molar refractivity (Wildman–Crippen MR) is 131 cm³/mol. The molecule has 1 N–H and O–H groups in total. The summed E-state index contributed by atoms with van der Waals surface area (Å²) in [6.45, 7) is 5.40. The lowest BCUT2D eigenvalue weighted by molar-refractivity contribution is -0.117. The van der Waals surface area contributed by atoms with E-state index in [0.717, 1.165) is 24.8 Å². The molecule has 0 bridgehead atoms. The molecule has 0 unspecified atom stereocenters. The first kappa shape index (κ1) is 25.5. The molecular weight excluding hydrogens is 462 g/mol. The molecule has 2 aromatic rings. The average molecular weight is 494 g/mol. The number of halogens is 1. The third-order valence-corrected chi connectivity index (χ3v) is 7.62. The third-order valence-electron chi connectivity index (χ3n) is 5.35. The van der Waals surface area contributed by atoms with E-state index in [0.29, 0.717) is 36.1 Å². The van der Waals surface area contributed by atoms with Crippen molar-refractivity contribution in [3.8, 4) is 5.75 Å². The SMILES string of the molecule is CC(C)Oc1ccc(S(=O)(=O)N2CCCCC2)cc1NC(=O)CN(C)Cc1ccccc1Cl. The Morgan fingerprint density at radius 3 is 2.52 bits per heavy atom. The van der Waals surface area contributed by atoms with Crippen LogP contribution in [0.25, 0.3) is 0 Å². The van der Waals surface area contributed by atoms with Gasteiger partial charge in [-0.05, 0) is 63.6 Å². The molecule has 3 rings (SSSR count). The minimum Gasteiger partial charge on any atom is -0.489 e. The molecule has 0 atom stereocenters. The van der Waals surface area contributed by atoms with Gasteiger partial charge in [-0.25, -0.2) is 8.42 Å². The second-order valence-electron chi connectivity index (χ2n) is 8.60. The highest BCUT2D eigenvalue weighted by Gasteiger charge is 2.27. The number of amides is 1. The van der Waals surface area contributed by atoms with Gasteiger partial charge in [0.25, 0.3) is 0 Å². The van der Waals surface area contributed by atoms with Crippen LogP contribution < -0.4 is 10.1 Å². The van der Waals surface area contributed by atoms with Crippen LogP contribution in [0, 0.1) is 0 Å². The van der Waals surface area contributed by atoms with Gasteiger partial charge < -0.3 is 10.1 Å². The Morgan fingerprint density at radius 1 is 1.15 bits per heavy atom. The summed E-state index contributed by atoms with van der Waals surface area (Å²) in [6.07, 6.45) is 2.62. The largest absolute Gasteiger partial charge is 0.489 e. The predicted octanol–water partition coefficient (Wildman–Crippen LogP) is 4.37. The highest BCUT2D eigenvalue weighted by atomic mass is 35.5. The fourth-order valence-electron chi connectivity index (χ4n) is 3.79. The number of carbonyl (C=O) groups is 1. The van der Waals surface area contributed by atoms with E-state index in [-0.39, 0.29) is 23.5 Å². The number of benzene rings is 2. The first-order valence-electron chi connectivity index (χ1n) is 11.2. The summed E-state index contributed by atoms with van der Waals surface area (Å²) in [4.78, 5) is 14.8. The van der Waals surface area contributed by atoms with E-state index in [1.165, 1.54) is 10.4 Å². The summed E-state index contributed by atoms with van der Waals surface area (Å²) in [5.41, 5.74) is 1.27. The number of ether oxygens (including phenoxy) is 1. The summed E-state index contributed by atoms with van der Waals surface area (Å²) in [5.74, 6) is 0.162. The lowest BCUT2D eigenvalue weighted by Crippen LogP contribution is -2.35. The molecule has 0 aromatic heterocycles. The van der Waals surface area contributed by atoms with E-state index in [1.54, 1.807) is 12.1 Å². The average Bonchev–Trinajstić information content (AvgIpc) is 2.76. The maximum Gasteiger partial charge on any atom is 0.243 e. The zero-order valence-corrected chi connectivity index (χ0v) is 21.0. The molecule has 0 saturated carbocycles. The maximum absolute atomic E-state index is 13.1. The minimum atomic E-state index is -3.63. The van der Waals surface area contributed by atoms with Gasteiger partial charge in [-0.1, -0.05) is 36.2 Å². The first-order chi connectivity index (χ1) is 15.7. The van der Waals surface area contributed by atoms with Crippen molar-refractivity contribution in [1.82, 2.24) is 9.21 Å². The van der Waals surface area contributed by atoms with Crippen LogP contribution in [-0.2, 0) is 21.4 Å². The Bertz CT molecular complexity index is 1070. The van der Waals surface area contributed by atoms with Gasteiger partial charge in [0.05, 0.1) is 23.2 Å². The molecule has 1 fully saturated rings. The molecule has 180 valence electrons. The Labute approximate surface area is 201 Å². The van der Waals surface area contributed by atoms with E-state index in [2.05, 4.69) is 5.32 Å². The number of carbonyl (C=O) groups excluding carboxylic acids is 1. The van der Waals surface area contributed by atoms with Crippen LogP contribution >= 0.6 is 11.6 Å². The van der Waals surface area contributed by atoms with Crippen molar-refractivity contribution in [2.24, 2.45) is 0 Å². The number of nitrogens with one attached hydrogen (secondary N) is 1. The van der Waals surface area contributed by atoms with Crippen LogP contribution in [0.4, 0.5) is 5.69 Å². The molecule has 1 saturated heterocycles. The van der Waals surface area contributed by atoms with E-state index in [1.807, 2.05) is 50.1 Å². The smallest absolute Gasteiger partial charge is 0.243 e. The molecule has 1 amide bonds. The van der Waals surface area contributed by atoms with Gasteiger partial charge in [0, 0.05) is 24.7 Å². The lowest BCUT2D eigenvalue weighted by atomic mass is 10.2. The molecule has 0 spiro atoms. The van der Waals surface area contributed by atoms with Gasteiger partial charge >= 0.3 is 0 Å². The Morgan fingerprint density at radius 2 is 1.85 bits per heavy atom. The summed E-state index contributed by atoms with van der Waals surface area (Å²) < 4.78 is 33.6. The van der Waals surface area contributed by atoms with Crippen LogP contribution in [0.15, 0.2) is 47.4 Å². The van der Waals surface area contributed by atoms with Crippen molar-refractivity contribution in [2.45, 2.75) is 50.7 Å². The normalized spacial score (nSPS) is 15.1. The van der Waals surface area contributed by atoms with Crippen molar-refractivity contribution in [3.05, 3.63) is 53.1 Å². The van der Waals surface area contributed by atoms with Crippen LogP contribution in [0.5, 0.6) is 5.75 Å². The van der Waals surface area contributed by atoms with Gasteiger partial charge in [-0.15, -0.1) is 0 Å². The fraction of sp³-hybridized carbons (Fsp3) is 0.458. The number of hydrogen-bond acceptors (Lipinski definition) is 5. The number of piperidine rings is 1. The molecule has 33 heavy (non-hydrogen) atoms. The molecule has 0 aliphatic carbocycles. The van der Waals surface area contributed by atoms with E-state index in [4.69, 9.17) is 16.3 Å². The summed E-state index contributed by atoms with van der Waals surface area (Å²) in [7, 11) is -1.81. The Kier molecular flexibility index (Phi) is 8.75. The minimum absolute atomic E-state index is 0.107. The van der Waals surface area contributed by atoms with E-state index < -0.39 is 10.0 Å². The zero-order valence-electron chi connectivity index (χ0n) is 19.4. The van der Waals surface area contributed by atoms with Gasteiger partial charge in [-0.3, -0.25) is 9.69 Å². The van der Waals surface area contributed by atoms with Crippen LogP contribution in [0.2, 0.25) is 5.02 Å². The highest BCUT2D eigenvalue weighted by Crippen LogP contribution is 2.31. The molecule has 1 heterocycles. The molecule has 7 nitrogen and oxygen atoms in total. The zero-order chi connectivity index (χ0) is 24.0. The molecule has 2 aromatic carbocycles.